The van der Waals surface area contributed by atoms with Crippen LogP contribution in [0.5, 0.6) is 0 Å². The van der Waals surface area contributed by atoms with Crippen LogP contribution in [0.25, 0.3) is 11.4 Å². The molecule has 3 rings (SSSR count). The summed E-state index contributed by atoms with van der Waals surface area (Å²) in [5.74, 6) is 0.485. The van der Waals surface area contributed by atoms with Crippen LogP contribution in [0.3, 0.4) is 0 Å². The highest BCUT2D eigenvalue weighted by Gasteiger charge is 2.24. The van der Waals surface area contributed by atoms with Gasteiger partial charge < -0.3 is 4.74 Å². The second-order valence-corrected chi connectivity index (χ2v) is 5.67. The van der Waals surface area contributed by atoms with Gasteiger partial charge in [-0.05, 0) is 42.3 Å². The average Bonchev–Trinajstić information content (AvgIpc) is 3.10. The molecular formula is C14H13Cl2N3O2. The predicted octanol–water partition coefficient (Wildman–Crippen LogP) is 2.86. The van der Waals surface area contributed by atoms with Crippen molar-refractivity contribution in [3.05, 3.63) is 34.6 Å². The number of benzene rings is 1. The molecule has 5 nitrogen and oxygen atoms in total. The number of carbonyl (C=O) groups is 1. The van der Waals surface area contributed by atoms with E-state index in [-0.39, 0.29) is 23.5 Å². The lowest BCUT2D eigenvalue weighted by Crippen LogP contribution is -2.21. The van der Waals surface area contributed by atoms with E-state index in [1.54, 1.807) is 12.1 Å². The van der Waals surface area contributed by atoms with E-state index in [0.29, 0.717) is 24.1 Å². The molecule has 1 aromatic heterocycles. The molecule has 2 aromatic rings. The predicted molar refractivity (Wildman–Crippen MR) is 79.4 cm³/mol. The van der Waals surface area contributed by atoms with Gasteiger partial charge in [-0.25, -0.2) is 4.68 Å². The van der Waals surface area contributed by atoms with E-state index >= 15 is 0 Å². The molecule has 0 spiro atoms. The fourth-order valence-electron chi connectivity index (χ4n) is 2.21. The number of ether oxygens (including phenoxy) is 1. The molecule has 1 unspecified atom stereocenters. The monoisotopic (exact) mass is 325 g/mol. The van der Waals surface area contributed by atoms with Gasteiger partial charge in [0.25, 0.3) is 0 Å². The Morgan fingerprint density at radius 1 is 1.33 bits per heavy atom. The molecule has 1 atom stereocenters. The Hall–Kier alpha value is -1.43. The van der Waals surface area contributed by atoms with E-state index in [1.165, 1.54) is 4.68 Å². The molecule has 2 heterocycles. The fourth-order valence-corrected chi connectivity index (χ4v) is 2.51. The molecule has 0 aliphatic carbocycles. The summed E-state index contributed by atoms with van der Waals surface area (Å²) in [6.07, 6.45) is 0.759. The van der Waals surface area contributed by atoms with E-state index in [1.807, 2.05) is 12.1 Å². The van der Waals surface area contributed by atoms with Crippen LogP contribution in [0.1, 0.15) is 6.42 Å². The Balaban J connectivity index is 1.77. The molecule has 0 N–H and O–H groups in total. The van der Waals surface area contributed by atoms with Gasteiger partial charge in [0.2, 0.25) is 5.28 Å². The summed E-state index contributed by atoms with van der Waals surface area (Å²) in [5.41, 5.74) is 0.802. The number of Topliss-reactive ketones (excluding diaryl/α,β-unsaturated/α-hetero) is 1. The molecule has 1 aromatic carbocycles. The lowest BCUT2D eigenvalue weighted by molar-refractivity contribution is -0.123. The first-order valence-corrected chi connectivity index (χ1v) is 7.36. The number of carbonyl (C=O) groups excluding carboxylic acids is 1. The van der Waals surface area contributed by atoms with Gasteiger partial charge in [0.15, 0.2) is 11.6 Å². The number of hydrogen-bond acceptors (Lipinski definition) is 4. The zero-order valence-corrected chi connectivity index (χ0v) is 12.6. The first-order chi connectivity index (χ1) is 10.1. The lowest BCUT2D eigenvalue weighted by Gasteiger charge is -2.06. The molecule has 21 heavy (non-hydrogen) atoms. The summed E-state index contributed by atoms with van der Waals surface area (Å²) in [6, 6.07) is 7.13. The van der Waals surface area contributed by atoms with Crippen molar-refractivity contribution in [2.24, 2.45) is 5.92 Å². The van der Waals surface area contributed by atoms with Crippen molar-refractivity contribution in [1.29, 1.82) is 0 Å². The van der Waals surface area contributed by atoms with Crippen LogP contribution < -0.4 is 0 Å². The summed E-state index contributed by atoms with van der Waals surface area (Å²) in [4.78, 5) is 16.3. The third-order valence-corrected chi connectivity index (χ3v) is 3.95. The Labute approximate surface area is 131 Å². The van der Waals surface area contributed by atoms with E-state index < -0.39 is 0 Å². The van der Waals surface area contributed by atoms with Crippen molar-refractivity contribution in [3.8, 4) is 11.4 Å². The van der Waals surface area contributed by atoms with Crippen molar-refractivity contribution < 1.29 is 9.53 Å². The van der Waals surface area contributed by atoms with Crippen molar-refractivity contribution in [3.63, 3.8) is 0 Å². The molecule has 0 saturated carbocycles. The molecule has 1 fully saturated rings. The summed E-state index contributed by atoms with van der Waals surface area (Å²) in [6.45, 7) is 1.24. The number of hydrogen-bond donors (Lipinski definition) is 0. The maximum absolute atomic E-state index is 12.1. The van der Waals surface area contributed by atoms with Crippen molar-refractivity contribution >= 4 is 29.0 Å². The van der Waals surface area contributed by atoms with Gasteiger partial charge in [0.05, 0.1) is 6.61 Å². The van der Waals surface area contributed by atoms with Crippen LogP contribution >= 0.6 is 23.2 Å². The highest BCUT2D eigenvalue weighted by molar-refractivity contribution is 6.30. The molecule has 7 heteroatoms. The average molecular weight is 326 g/mol. The highest BCUT2D eigenvalue weighted by atomic mass is 35.5. The zero-order valence-electron chi connectivity index (χ0n) is 11.1. The standard InChI is InChI=1S/C14H13Cl2N3O2/c15-11-3-1-9(2-4-11)13-17-14(16)19(18-13)7-12(20)10-5-6-21-8-10/h1-4,10H,5-8H2. The minimum absolute atomic E-state index is 0.0655. The first-order valence-electron chi connectivity index (χ1n) is 6.60. The molecule has 0 bridgehead atoms. The number of aromatic nitrogens is 3. The summed E-state index contributed by atoms with van der Waals surface area (Å²) in [7, 11) is 0. The van der Waals surface area contributed by atoms with Gasteiger partial charge in [0, 0.05) is 23.1 Å². The van der Waals surface area contributed by atoms with Crippen LogP contribution in [0.2, 0.25) is 10.3 Å². The zero-order chi connectivity index (χ0) is 14.8. The summed E-state index contributed by atoms with van der Waals surface area (Å²) >= 11 is 11.9. The van der Waals surface area contributed by atoms with E-state index in [0.717, 1.165) is 12.0 Å². The van der Waals surface area contributed by atoms with Crippen molar-refractivity contribution in [2.45, 2.75) is 13.0 Å². The fraction of sp³-hybridized carbons (Fsp3) is 0.357. The number of rotatable bonds is 4. The van der Waals surface area contributed by atoms with Gasteiger partial charge in [-0.3, -0.25) is 4.79 Å². The topological polar surface area (TPSA) is 57.0 Å². The Bertz CT molecular complexity index is 649. The Morgan fingerprint density at radius 3 is 2.76 bits per heavy atom. The normalized spacial score (nSPS) is 18.1. The molecule has 1 saturated heterocycles. The van der Waals surface area contributed by atoms with E-state index in [2.05, 4.69) is 10.1 Å². The minimum atomic E-state index is -0.0655. The SMILES string of the molecule is O=C(Cn1nc(-c2ccc(Cl)cc2)nc1Cl)C1CCOC1. The second kappa shape index (κ2) is 6.13. The maximum atomic E-state index is 12.1. The van der Waals surface area contributed by atoms with Gasteiger partial charge >= 0.3 is 0 Å². The van der Waals surface area contributed by atoms with Crippen LogP contribution in [0.15, 0.2) is 24.3 Å². The first kappa shape index (κ1) is 14.5. The molecule has 1 aliphatic rings. The van der Waals surface area contributed by atoms with E-state index in [9.17, 15) is 4.79 Å². The number of ketones is 1. The molecule has 1 aliphatic heterocycles. The van der Waals surface area contributed by atoms with Crippen molar-refractivity contribution in [1.82, 2.24) is 14.8 Å². The van der Waals surface area contributed by atoms with Crippen LogP contribution in [0, 0.1) is 5.92 Å². The quantitative estimate of drug-likeness (QED) is 0.867. The van der Waals surface area contributed by atoms with Gasteiger partial charge in [0.1, 0.15) is 6.54 Å². The molecule has 0 amide bonds. The third kappa shape index (κ3) is 3.26. The van der Waals surface area contributed by atoms with Gasteiger partial charge in [-0.2, -0.15) is 4.98 Å². The maximum Gasteiger partial charge on any atom is 0.221 e. The Kier molecular flexibility index (Phi) is 4.24. The summed E-state index contributed by atoms with van der Waals surface area (Å²) < 4.78 is 6.64. The molecular weight excluding hydrogens is 313 g/mol. The second-order valence-electron chi connectivity index (χ2n) is 4.90. The Morgan fingerprint density at radius 2 is 2.10 bits per heavy atom. The number of halogens is 2. The number of nitrogens with zero attached hydrogens (tertiary/aromatic N) is 3. The van der Waals surface area contributed by atoms with Gasteiger partial charge in [-0.15, -0.1) is 5.10 Å². The molecule has 110 valence electrons. The lowest BCUT2D eigenvalue weighted by atomic mass is 10.0. The van der Waals surface area contributed by atoms with E-state index in [4.69, 9.17) is 27.9 Å². The smallest absolute Gasteiger partial charge is 0.221 e. The van der Waals surface area contributed by atoms with Crippen LogP contribution in [-0.4, -0.2) is 33.8 Å². The van der Waals surface area contributed by atoms with Crippen LogP contribution in [0.4, 0.5) is 0 Å². The largest absolute Gasteiger partial charge is 0.381 e. The third-order valence-electron chi connectivity index (χ3n) is 3.42. The van der Waals surface area contributed by atoms with Crippen LogP contribution in [-0.2, 0) is 16.1 Å². The molecule has 0 radical (unpaired) electrons. The van der Waals surface area contributed by atoms with Crippen molar-refractivity contribution in [2.75, 3.05) is 13.2 Å². The minimum Gasteiger partial charge on any atom is -0.381 e. The van der Waals surface area contributed by atoms with Gasteiger partial charge in [-0.1, -0.05) is 11.6 Å². The summed E-state index contributed by atoms with van der Waals surface area (Å²) in [5, 5.41) is 5.13. The highest BCUT2D eigenvalue weighted by Crippen LogP contribution is 2.21.